The van der Waals surface area contributed by atoms with Gasteiger partial charge in [0.25, 0.3) is 0 Å². The third kappa shape index (κ3) is 3.32. The lowest BCUT2D eigenvalue weighted by Crippen LogP contribution is -2.37. The van der Waals surface area contributed by atoms with Crippen LogP contribution in [0.25, 0.3) is 0 Å². The standard InChI is InChI=1S/C18H28N2O3/c1-13-9-15-16(12-19(13)2)17(21-3)10-14(18(15)22-4)11-20-5-7-23-8-6-20/h10,13H,5-9,11-12H2,1-4H3. The van der Waals surface area contributed by atoms with E-state index in [1.807, 2.05) is 0 Å². The zero-order chi connectivity index (χ0) is 16.4. The smallest absolute Gasteiger partial charge is 0.127 e. The molecule has 5 heteroatoms. The molecule has 1 unspecified atom stereocenters. The molecule has 3 rings (SSSR count). The van der Waals surface area contributed by atoms with Gasteiger partial charge in [0, 0.05) is 48.9 Å². The molecule has 0 N–H and O–H groups in total. The van der Waals surface area contributed by atoms with Crippen molar-refractivity contribution in [3.8, 4) is 11.5 Å². The molecule has 0 saturated carbocycles. The summed E-state index contributed by atoms with van der Waals surface area (Å²) in [6.45, 7) is 7.64. The van der Waals surface area contributed by atoms with Gasteiger partial charge in [-0.05, 0) is 26.5 Å². The van der Waals surface area contributed by atoms with Crippen LogP contribution in [0.4, 0.5) is 0 Å². The molecule has 1 aromatic rings. The van der Waals surface area contributed by atoms with Gasteiger partial charge in [0.1, 0.15) is 11.5 Å². The molecule has 2 aliphatic heterocycles. The molecule has 1 atom stereocenters. The van der Waals surface area contributed by atoms with Crippen molar-refractivity contribution in [2.45, 2.75) is 32.5 Å². The molecule has 1 aromatic carbocycles. The summed E-state index contributed by atoms with van der Waals surface area (Å²) in [5, 5.41) is 0. The number of morpholine rings is 1. The molecule has 0 spiro atoms. The number of rotatable bonds is 4. The molecule has 23 heavy (non-hydrogen) atoms. The maximum atomic E-state index is 5.84. The van der Waals surface area contributed by atoms with Crippen LogP contribution in [-0.4, -0.2) is 63.4 Å². The fourth-order valence-electron chi connectivity index (χ4n) is 3.59. The van der Waals surface area contributed by atoms with Crippen molar-refractivity contribution in [2.75, 3.05) is 47.6 Å². The first-order valence-electron chi connectivity index (χ1n) is 8.40. The minimum absolute atomic E-state index is 0.514. The summed E-state index contributed by atoms with van der Waals surface area (Å²) in [7, 11) is 5.72. The molecule has 2 aliphatic rings. The fraction of sp³-hybridized carbons (Fsp3) is 0.667. The van der Waals surface area contributed by atoms with Crippen LogP contribution in [0.5, 0.6) is 11.5 Å². The first-order valence-corrected chi connectivity index (χ1v) is 8.40. The fourth-order valence-corrected chi connectivity index (χ4v) is 3.59. The predicted molar refractivity (Wildman–Crippen MR) is 90.3 cm³/mol. The van der Waals surface area contributed by atoms with E-state index in [0.29, 0.717) is 6.04 Å². The maximum absolute atomic E-state index is 5.84. The van der Waals surface area contributed by atoms with Crippen molar-refractivity contribution in [3.63, 3.8) is 0 Å². The minimum atomic E-state index is 0.514. The van der Waals surface area contributed by atoms with Crippen molar-refractivity contribution in [1.82, 2.24) is 9.80 Å². The van der Waals surface area contributed by atoms with Crippen LogP contribution < -0.4 is 9.47 Å². The second-order valence-corrected chi connectivity index (χ2v) is 6.59. The molecule has 5 nitrogen and oxygen atoms in total. The average molecular weight is 320 g/mol. The van der Waals surface area contributed by atoms with Gasteiger partial charge < -0.3 is 14.2 Å². The highest BCUT2D eigenvalue weighted by Gasteiger charge is 2.28. The number of methoxy groups -OCH3 is 2. The number of likely N-dealkylation sites (N-methyl/N-ethyl adjacent to an activating group) is 1. The molecular weight excluding hydrogens is 292 g/mol. The SMILES string of the molecule is COc1cc(CN2CCOCC2)c(OC)c2c1CN(C)C(C)C2. The Morgan fingerprint density at radius 2 is 1.91 bits per heavy atom. The third-order valence-corrected chi connectivity index (χ3v) is 5.11. The molecule has 2 heterocycles. The monoisotopic (exact) mass is 320 g/mol. The number of hydrogen-bond acceptors (Lipinski definition) is 5. The number of ether oxygens (including phenoxy) is 3. The summed E-state index contributed by atoms with van der Waals surface area (Å²) in [6, 6.07) is 2.68. The van der Waals surface area contributed by atoms with Crippen molar-refractivity contribution < 1.29 is 14.2 Å². The molecule has 0 aromatic heterocycles. The van der Waals surface area contributed by atoms with E-state index < -0.39 is 0 Å². The van der Waals surface area contributed by atoms with E-state index in [1.54, 1.807) is 14.2 Å². The average Bonchev–Trinajstić information content (AvgIpc) is 2.56. The predicted octanol–water partition coefficient (Wildman–Crippen LogP) is 1.91. The molecule has 1 saturated heterocycles. The van der Waals surface area contributed by atoms with E-state index in [4.69, 9.17) is 14.2 Å². The second-order valence-electron chi connectivity index (χ2n) is 6.59. The molecule has 0 bridgehead atoms. The Morgan fingerprint density at radius 1 is 1.17 bits per heavy atom. The van der Waals surface area contributed by atoms with E-state index in [-0.39, 0.29) is 0 Å². The van der Waals surface area contributed by atoms with Gasteiger partial charge in [-0.3, -0.25) is 9.80 Å². The van der Waals surface area contributed by atoms with E-state index >= 15 is 0 Å². The Kier molecular flexibility index (Phi) is 5.09. The third-order valence-electron chi connectivity index (χ3n) is 5.11. The summed E-state index contributed by atoms with van der Waals surface area (Å²) in [5.74, 6) is 2.04. The summed E-state index contributed by atoms with van der Waals surface area (Å²) in [5.41, 5.74) is 3.82. The quantitative estimate of drug-likeness (QED) is 0.847. The van der Waals surface area contributed by atoms with Crippen LogP contribution in [0.3, 0.4) is 0 Å². The van der Waals surface area contributed by atoms with Gasteiger partial charge in [-0.25, -0.2) is 0 Å². The van der Waals surface area contributed by atoms with Crippen molar-refractivity contribution >= 4 is 0 Å². The molecule has 0 amide bonds. The van der Waals surface area contributed by atoms with Gasteiger partial charge in [0.2, 0.25) is 0 Å². The molecule has 0 aliphatic carbocycles. The van der Waals surface area contributed by atoms with Crippen LogP contribution in [0.1, 0.15) is 23.6 Å². The van der Waals surface area contributed by atoms with Gasteiger partial charge in [-0.15, -0.1) is 0 Å². The zero-order valence-corrected chi connectivity index (χ0v) is 14.7. The Balaban J connectivity index is 1.97. The Morgan fingerprint density at radius 3 is 2.57 bits per heavy atom. The van der Waals surface area contributed by atoms with Crippen molar-refractivity contribution in [3.05, 3.63) is 22.8 Å². The highest BCUT2D eigenvalue weighted by atomic mass is 16.5. The highest BCUT2D eigenvalue weighted by Crippen LogP contribution is 2.39. The lowest BCUT2D eigenvalue weighted by Gasteiger charge is -2.35. The molecule has 1 fully saturated rings. The number of hydrogen-bond donors (Lipinski definition) is 0. The van der Waals surface area contributed by atoms with Crippen LogP contribution in [0, 0.1) is 0 Å². The lowest BCUT2D eigenvalue weighted by molar-refractivity contribution is 0.0338. The highest BCUT2D eigenvalue weighted by molar-refractivity contribution is 5.55. The first-order chi connectivity index (χ1) is 11.1. The number of nitrogens with zero attached hydrogens (tertiary/aromatic N) is 2. The first kappa shape index (κ1) is 16.6. The van der Waals surface area contributed by atoms with Gasteiger partial charge >= 0.3 is 0 Å². The van der Waals surface area contributed by atoms with Crippen molar-refractivity contribution in [2.24, 2.45) is 0 Å². The molecular formula is C18H28N2O3. The van der Waals surface area contributed by atoms with Crippen LogP contribution in [0.15, 0.2) is 6.07 Å². The zero-order valence-electron chi connectivity index (χ0n) is 14.7. The van der Waals surface area contributed by atoms with Gasteiger partial charge in [0.15, 0.2) is 0 Å². The van der Waals surface area contributed by atoms with Crippen LogP contribution in [-0.2, 0) is 24.2 Å². The number of fused-ring (bicyclic) bond motifs is 1. The maximum Gasteiger partial charge on any atom is 0.127 e. The van der Waals surface area contributed by atoms with E-state index in [1.165, 1.54) is 16.7 Å². The summed E-state index contributed by atoms with van der Waals surface area (Å²) in [4.78, 5) is 4.79. The normalized spacial score (nSPS) is 22.7. The van der Waals surface area contributed by atoms with Gasteiger partial charge in [-0.2, -0.15) is 0 Å². The Hall–Kier alpha value is -1.30. The number of benzene rings is 1. The van der Waals surface area contributed by atoms with E-state index in [9.17, 15) is 0 Å². The van der Waals surface area contributed by atoms with Crippen molar-refractivity contribution in [1.29, 1.82) is 0 Å². The van der Waals surface area contributed by atoms with Gasteiger partial charge in [-0.1, -0.05) is 0 Å². The Labute approximate surface area is 139 Å². The van der Waals surface area contributed by atoms with Crippen LogP contribution in [0.2, 0.25) is 0 Å². The van der Waals surface area contributed by atoms with E-state index in [0.717, 1.165) is 57.3 Å². The molecule has 0 radical (unpaired) electrons. The topological polar surface area (TPSA) is 34.2 Å². The Bertz CT molecular complexity index is 556. The summed E-state index contributed by atoms with van der Waals surface area (Å²) >= 11 is 0. The largest absolute Gasteiger partial charge is 0.496 e. The molecule has 128 valence electrons. The summed E-state index contributed by atoms with van der Waals surface area (Å²) in [6.07, 6.45) is 1.00. The summed E-state index contributed by atoms with van der Waals surface area (Å²) < 4.78 is 17.0. The lowest BCUT2D eigenvalue weighted by atomic mass is 9.91. The van der Waals surface area contributed by atoms with Crippen LogP contribution >= 0.6 is 0 Å². The second kappa shape index (κ2) is 7.07. The van der Waals surface area contributed by atoms with E-state index in [2.05, 4.69) is 29.8 Å². The van der Waals surface area contributed by atoms with Gasteiger partial charge in [0.05, 0.1) is 27.4 Å². The minimum Gasteiger partial charge on any atom is -0.496 e.